The van der Waals surface area contributed by atoms with Crippen molar-refractivity contribution < 1.29 is 4.79 Å². The second-order valence-corrected chi connectivity index (χ2v) is 9.87. The molecule has 4 aromatic rings. The van der Waals surface area contributed by atoms with Crippen LogP contribution in [-0.4, -0.2) is 40.5 Å². The minimum absolute atomic E-state index is 0. The van der Waals surface area contributed by atoms with Crippen LogP contribution in [0, 0.1) is 0 Å². The minimum atomic E-state index is 0. The molecule has 5 heteroatoms. The van der Waals surface area contributed by atoms with Crippen LogP contribution in [0.1, 0.15) is 41.6 Å². The number of benzene rings is 3. The summed E-state index contributed by atoms with van der Waals surface area (Å²) in [7, 11) is 2.24. The molecular formula is C30H32ClN3O. The van der Waals surface area contributed by atoms with Crippen LogP contribution in [0.2, 0.25) is 0 Å². The molecule has 1 amide bonds. The summed E-state index contributed by atoms with van der Waals surface area (Å²) in [5.41, 5.74) is 5.18. The molecule has 4 nitrogen and oxygen atoms in total. The maximum Gasteiger partial charge on any atom is 0.254 e. The third-order valence-corrected chi connectivity index (χ3v) is 7.86. The maximum atomic E-state index is 14.0. The van der Waals surface area contributed by atoms with E-state index in [0.717, 1.165) is 47.1 Å². The van der Waals surface area contributed by atoms with Crippen LogP contribution in [0.4, 0.5) is 0 Å². The van der Waals surface area contributed by atoms with Crippen molar-refractivity contribution in [3.63, 3.8) is 0 Å². The Kier molecular flexibility index (Phi) is 6.68. The van der Waals surface area contributed by atoms with Crippen molar-refractivity contribution in [1.29, 1.82) is 0 Å². The van der Waals surface area contributed by atoms with Gasteiger partial charge in [0.1, 0.15) is 0 Å². The molecule has 2 aliphatic heterocycles. The lowest BCUT2D eigenvalue weighted by molar-refractivity contribution is 0.0884. The van der Waals surface area contributed by atoms with E-state index in [1.165, 1.54) is 18.4 Å². The zero-order valence-electron chi connectivity index (χ0n) is 20.1. The average molecular weight is 486 g/mol. The zero-order chi connectivity index (χ0) is 23.1. The quantitative estimate of drug-likeness (QED) is 0.369. The standard InChI is InChI=1S/C30H31N3O.ClH/c1-32-24-16-17-25(32)19-23(18-24)31-30(34)28-26-14-8-9-15-27(26)33(20-21-10-4-2-5-11-21)29(28)22-12-6-3-7-13-22;/h2-15,23-25H,16-20H2,1H3,(H,31,34);1H/t23?,24-,25+;. The van der Waals surface area contributed by atoms with Crippen molar-refractivity contribution in [1.82, 2.24) is 14.8 Å². The summed E-state index contributed by atoms with van der Waals surface area (Å²) in [6.45, 7) is 0.719. The lowest BCUT2D eigenvalue weighted by atomic mass is 9.97. The highest BCUT2D eigenvalue weighted by Crippen LogP contribution is 2.37. The number of carbonyl (C=O) groups is 1. The molecule has 6 rings (SSSR count). The first-order chi connectivity index (χ1) is 16.7. The lowest BCUT2D eigenvalue weighted by Gasteiger charge is -2.36. The molecule has 3 heterocycles. The van der Waals surface area contributed by atoms with E-state index in [9.17, 15) is 4.79 Å². The van der Waals surface area contributed by atoms with Gasteiger partial charge in [-0.1, -0.05) is 78.9 Å². The molecule has 2 bridgehead atoms. The summed E-state index contributed by atoms with van der Waals surface area (Å²) < 4.78 is 2.31. The van der Waals surface area contributed by atoms with Crippen molar-refractivity contribution >= 4 is 29.2 Å². The third kappa shape index (κ3) is 4.37. The number of fused-ring (bicyclic) bond motifs is 3. The van der Waals surface area contributed by atoms with Crippen LogP contribution in [0.25, 0.3) is 22.2 Å². The Morgan fingerprint density at radius 2 is 1.46 bits per heavy atom. The van der Waals surface area contributed by atoms with E-state index in [4.69, 9.17) is 0 Å². The zero-order valence-corrected chi connectivity index (χ0v) is 20.9. The van der Waals surface area contributed by atoms with Gasteiger partial charge in [0, 0.05) is 35.6 Å². The van der Waals surface area contributed by atoms with E-state index in [2.05, 4.69) is 88.6 Å². The van der Waals surface area contributed by atoms with E-state index >= 15 is 0 Å². The van der Waals surface area contributed by atoms with Gasteiger partial charge in [0.2, 0.25) is 0 Å². The van der Waals surface area contributed by atoms with Gasteiger partial charge in [-0.05, 0) is 49.9 Å². The molecule has 35 heavy (non-hydrogen) atoms. The third-order valence-electron chi connectivity index (χ3n) is 7.86. The number of halogens is 1. The van der Waals surface area contributed by atoms with E-state index < -0.39 is 0 Å². The number of carbonyl (C=O) groups excluding carboxylic acids is 1. The van der Waals surface area contributed by atoms with E-state index in [0.29, 0.717) is 12.1 Å². The summed E-state index contributed by atoms with van der Waals surface area (Å²) >= 11 is 0. The Bertz CT molecular complexity index is 1300. The molecule has 1 aromatic heterocycles. The number of nitrogens with zero attached hydrogens (tertiary/aromatic N) is 2. The molecule has 3 atom stereocenters. The van der Waals surface area contributed by atoms with Crippen LogP contribution in [0.5, 0.6) is 0 Å². The molecule has 0 aliphatic carbocycles. The number of amides is 1. The van der Waals surface area contributed by atoms with E-state index in [1.54, 1.807) is 0 Å². The van der Waals surface area contributed by atoms with Crippen molar-refractivity contribution in [3.05, 3.63) is 96.1 Å². The molecular weight excluding hydrogens is 454 g/mol. The largest absolute Gasteiger partial charge is 0.349 e. The highest BCUT2D eigenvalue weighted by atomic mass is 35.5. The smallest absolute Gasteiger partial charge is 0.254 e. The molecule has 2 saturated heterocycles. The Hall–Kier alpha value is -3.08. The van der Waals surface area contributed by atoms with Gasteiger partial charge in [0.15, 0.2) is 0 Å². The fourth-order valence-electron chi connectivity index (χ4n) is 6.15. The number of para-hydroxylation sites is 1. The fourth-order valence-corrected chi connectivity index (χ4v) is 6.15. The van der Waals surface area contributed by atoms with Gasteiger partial charge in [-0.3, -0.25) is 4.79 Å². The van der Waals surface area contributed by atoms with Crippen LogP contribution < -0.4 is 5.32 Å². The van der Waals surface area contributed by atoms with Crippen LogP contribution in [0.3, 0.4) is 0 Å². The normalized spacial score (nSPS) is 21.6. The minimum Gasteiger partial charge on any atom is -0.349 e. The number of hydrogen-bond acceptors (Lipinski definition) is 2. The Labute approximate surface area is 213 Å². The second kappa shape index (κ2) is 9.88. The maximum absolute atomic E-state index is 14.0. The van der Waals surface area contributed by atoms with E-state index in [1.807, 2.05) is 18.2 Å². The molecule has 0 radical (unpaired) electrons. The first-order valence-corrected chi connectivity index (χ1v) is 12.4. The molecule has 2 aliphatic rings. The van der Waals surface area contributed by atoms with Gasteiger partial charge in [-0.25, -0.2) is 0 Å². The Balaban J connectivity index is 0.00000253. The molecule has 1 N–H and O–H groups in total. The predicted molar refractivity (Wildman–Crippen MR) is 145 cm³/mol. The molecule has 0 saturated carbocycles. The predicted octanol–water partition coefficient (Wildman–Crippen LogP) is 6.13. The van der Waals surface area contributed by atoms with Crippen LogP contribution in [-0.2, 0) is 6.54 Å². The molecule has 3 aromatic carbocycles. The fraction of sp³-hybridized carbons (Fsp3) is 0.300. The molecule has 180 valence electrons. The number of rotatable bonds is 5. The summed E-state index contributed by atoms with van der Waals surface area (Å²) in [6, 6.07) is 30.6. The molecule has 1 unspecified atom stereocenters. The van der Waals surface area contributed by atoms with Gasteiger partial charge in [0.25, 0.3) is 5.91 Å². The van der Waals surface area contributed by atoms with Gasteiger partial charge >= 0.3 is 0 Å². The lowest BCUT2D eigenvalue weighted by Crippen LogP contribution is -2.48. The first kappa shape index (κ1) is 23.7. The van der Waals surface area contributed by atoms with Crippen molar-refractivity contribution in [2.24, 2.45) is 0 Å². The van der Waals surface area contributed by atoms with Crippen molar-refractivity contribution in [2.45, 2.75) is 50.4 Å². The number of piperidine rings is 1. The molecule has 2 fully saturated rings. The summed E-state index contributed by atoms with van der Waals surface area (Å²) in [5, 5.41) is 4.48. The number of aromatic nitrogens is 1. The Morgan fingerprint density at radius 1 is 0.857 bits per heavy atom. The highest BCUT2D eigenvalue weighted by molar-refractivity contribution is 6.13. The SMILES string of the molecule is CN1[C@@H]2CC[C@H]1CC(NC(=O)c1c(-c3ccccc3)n(Cc3ccccc3)c3ccccc13)C2.Cl. The van der Waals surface area contributed by atoms with Crippen molar-refractivity contribution in [3.8, 4) is 11.3 Å². The number of nitrogens with one attached hydrogen (secondary N) is 1. The summed E-state index contributed by atoms with van der Waals surface area (Å²) in [6.07, 6.45) is 4.59. The topological polar surface area (TPSA) is 37.3 Å². The van der Waals surface area contributed by atoms with Gasteiger partial charge in [0.05, 0.1) is 11.3 Å². The highest BCUT2D eigenvalue weighted by Gasteiger charge is 2.39. The van der Waals surface area contributed by atoms with Crippen LogP contribution >= 0.6 is 12.4 Å². The molecule has 0 spiro atoms. The van der Waals surface area contributed by atoms with Crippen molar-refractivity contribution in [2.75, 3.05) is 7.05 Å². The summed E-state index contributed by atoms with van der Waals surface area (Å²) in [5.74, 6) is 0.0517. The Morgan fingerprint density at radius 3 is 2.14 bits per heavy atom. The van der Waals surface area contributed by atoms with Gasteiger partial charge in [-0.15, -0.1) is 12.4 Å². The van der Waals surface area contributed by atoms with Gasteiger partial charge in [-0.2, -0.15) is 0 Å². The number of hydrogen-bond donors (Lipinski definition) is 1. The van der Waals surface area contributed by atoms with Crippen LogP contribution in [0.15, 0.2) is 84.9 Å². The summed E-state index contributed by atoms with van der Waals surface area (Å²) in [4.78, 5) is 16.5. The average Bonchev–Trinajstić information content (AvgIpc) is 3.28. The van der Waals surface area contributed by atoms with Gasteiger partial charge < -0.3 is 14.8 Å². The second-order valence-electron chi connectivity index (χ2n) is 9.87. The first-order valence-electron chi connectivity index (χ1n) is 12.4. The monoisotopic (exact) mass is 485 g/mol. The van der Waals surface area contributed by atoms with E-state index in [-0.39, 0.29) is 24.4 Å².